The molecule has 0 radical (unpaired) electrons. The molecule has 0 aliphatic carbocycles. The third kappa shape index (κ3) is 6.20. The molecule has 0 saturated carbocycles. The molecule has 2 saturated heterocycles. The number of ether oxygens (including phenoxy) is 1. The number of benzene rings is 1. The van der Waals surface area contributed by atoms with Gasteiger partial charge in [-0.1, -0.05) is 24.3 Å². The van der Waals surface area contributed by atoms with Crippen LogP contribution in [0.3, 0.4) is 0 Å². The van der Waals surface area contributed by atoms with Crippen molar-refractivity contribution >= 4 is 11.9 Å². The number of hydrogen-bond donors (Lipinski definition) is 1. The number of amides is 1. The monoisotopic (exact) mass is 429 g/mol. The van der Waals surface area contributed by atoms with Crippen molar-refractivity contribution < 1.29 is 9.53 Å². The molecule has 1 N–H and O–H groups in total. The van der Waals surface area contributed by atoms with E-state index in [0.717, 1.165) is 64.5 Å². The standard InChI is InChI=1S/C24H39N5O2/c1-5-25-24(26-13-9-15-28-14-8-12-21(28)23(30)27(3)4)29-16-17-31-22(18-29)20-11-7-6-10-19(20)2/h6-7,10-11,21-22H,5,8-9,12-18H2,1-4H3,(H,25,26). The molecule has 0 aromatic heterocycles. The molecule has 2 heterocycles. The summed E-state index contributed by atoms with van der Waals surface area (Å²) in [5, 5.41) is 3.46. The topological polar surface area (TPSA) is 60.4 Å². The zero-order chi connectivity index (χ0) is 22.2. The first-order chi connectivity index (χ1) is 15.0. The fourth-order valence-corrected chi connectivity index (χ4v) is 4.53. The van der Waals surface area contributed by atoms with Gasteiger partial charge in [-0.2, -0.15) is 0 Å². The molecule has 0 bridgehead atoms. The molecule has 31 heavy (non-hydrogen) atoms. The fraction of sp³-hybridized carbons (Fsp3) is 0.667. The van der Waals surface area contributed by atoms with E-state index in [1.54, 1.807) is 4.90 Å². The van der Waals surface area contributed by atoms with Gasteiger partial charge in [0, 0.05) is 40.3 Å². The number of nitrogens with zero attached hydrogens (tertiary/aromatic N) is 4. The predicted octanol–water partition coefficient (Wildman–Crippen LogP) is 2.28. The van der Waals surface area contributed by atoms with Crippen LogP contribution in [0.4, 0.5) is 0 Å². The van der Waals surface area contributed by atoms with Gasteiger partial charge in [-0.3, -0.25) is 14.7 Å². The zero-order valence-corrected chi connectivity index (χ0v) is 19.6. The van der Waals surface area contributed by atoms with Gasteiger partial charge in [-0.05, 0) is 50.8 Å². The highest BCUT2D eigenvalue weighted by Crippen LogP contribution is 2.25. The van der Waals surface area contributed by atoms with Crippen LogP contribution < -0.4 is 5.32 Å². The SMILES string of the molecule is CCNC(=NCCCN1CCCC1C(=O)N(C)C)N1CCOC(c2ccccc2C)C1. The molecule has 1 amide bonds. The Morgan fingerprint density at radius 2 is 2.10 bits per heavy atom. The van der Waals surface area contributed by atoms with E-state index in [9.17, 15) is 4.79 Å². The Kier molecular flexibility index (Phi) is 8.72. The first-order valence-electron chi connectivity index (χ1n) is 11.7. The van der Waals surface area contributed by atoms with Crippen LogP contribution in [-0.4, -0.2) is 92.6 Å². The van der Waals surface area contributed by atoms with Crippen molar-refractivity contribution in [2.75, 3.05) is 60.0 Å². The Morgan fingerprint density at radius 3 is 2.84 bits per heavy atom. The minimum atomic E-state index is 0.0429. The van der Waals surface area contributed by atoms with Gasteiger partial charge in [0.1, 0.15) is 6.10 Å². The highest BCUT2D eigenvalue weighted by Gasteiger charge is 2.31. The number of aryl methyl sites for hydroxylation is 1. The van der Waals surface area contributed by atoms with Gasteiger partial charge < -0.3 is 19.9 Å². The summed E-state index contributed by atoms with van der Waals surface area (Å²) in [6.07, 6.45) is 3.10. The number of likely N-dealkylation sites (N-methyl/N-ethyl adjacent to an activating group) is 1. The smallest absolute Gasteiger partial charge is 0.239 e. The molecule has 7 heteroatoms. The third-order valence-electron chi connectivity index (χ3n) is 6.19. The van der Waals surface area contributed by atoms with E-state index in [1.165, 1.54) is 11.1 Å². The number of hydrogen-bond acceptors (Lipinski definition) is 4. The van der Waals surface area contributed by atoms with Crippen LogP contribution in [0.25, 0.3) is 0 Å². The normalized spacial score (nSPS) is 22.6. The Morgan fingerprint density at radius 1 is 1.29 bits per heavy atom. The molecule has 0 spiro atoms. The molecule has 1 aromatic carbocycles. The van der Waals surface area contributed by atoms with E-state index in [2.05, 4.69) is 53.2 Å². The van der Waals surface area contributed by atoms with Crippen molar-refractivity contribution in [2.24, 2.45) is 4.99 Å². The van der Waals surface area contributed by atoms with Gasteiger partial charge in [-0.25, -0.2) is 0 Å². The van der Waals surface area contributed by atoms with Crippen molar-refractivity contribution in [1.29, 1.82) is 0 Å². The van der Waals surface area contributed by atoms with Crippen molar-refractivity contribution in [1.82, 2.24) is 20.0 Å². The average molecular weight is 430 g/mol. The summed E-state index contributed by atoms with van der Waals surface area (Å²) < 4.78 is 6.08. The van der Waals surface area contributed by atoms with E-state index in [0.29, 0.717) is 6.61 Å². The molecule has 2 aliphatic rings. The number of carbonyl (C=O) groups excluding carboxylic acids is 1. The van der Waals surface area contributed by atoms with Gasteiger partial charge in [0.15, 0.2) is 5.96 Å². The van der Waals surface area contributed by atoms with Crippen LogP contribution in [0.1, 0.15) is 43.4 Å². The molecule has 1 aromatic rings. The third-order valence-corrected chi connectivity index (χ3v) is 6.19. The Bertz CT molecular complexity index is 751. The molecule has 2 unspecified atom stereocenters. The number of rotatable bonds is 7. The second-order valence-electron chi connectivity index (χ2n) is 8.68. The van der Waals surface area contributed by atoms with Crippen molar-refractivity contribution in [3.63, 3.8) is 0 Å². The van der Waals surface area contributed by atoms with E-state index in [-0.39, 0.29) is 18.1 Å². The molecule has 172 valence electrons. The minimum absolute atomic E-state index is 0.0429. The molecule has 7 nitrogen and oxygen atoms in total. The number of morpholine rings is 1. The fourth-order valence-electron chi connectivity index (χ4n) is 4.53. The molecular weight excluding hydrogens is 390 g/mol. The number of likely N-dealkylation sites (tertiary alicyclic amines) is 1. The van der Waals surface area contributed by atoms with Crippen LogP contribution in [0.2, 0.25) is 0 Å². The second kappa shape index (κ2) is 11.5. The zero-order valence-electron chi connectivity index (χ0n) is 19.6. The molecule has 2 atom stereocenters. The van der Waals surface area contributed by atoms with Gasteiger partial charge >= 0.3 is 0 Å². The number of aliphatic imine (C=N–C) groups is 1. The number of carbonyl (C=O) groups is 1. The first-order valence-corrected chi connectivity index (χ1v) is 11.7. The number of guanidine groups is 1. The first kappa shape index (κ1) is 23.5. The Hall–Kier alpha value is -2.12. The quantitative estimate of drug-likeness (QED) is 0.409. The lowest BCUT2D eigenvalue weighted by atomic mass is 10.0. The maximum absolute atomic E-state index is 12.4. The van der Waals surface area contributed by atoms with Crippen LogP contribution in [-0.2, 0) is 9.53 Å². The highest BCUT2D eigenvalue weighted by molar-refractivity contribution is 5.81. The van der Waals surface area contributed by atoms with Crippen molar-refractivity contribution in [3.05, 3.63) is 35.4 Å². The van der Waals surface area contributed by atoms with E-state index in [4.69, 9.17) is 9.73 Å². The summed E-state index contributed by atoms with van der Waals surface area (Å²) in [6.45, 7) is 10.1. The minimum Gasteiger partial charge on any atom is -0.370 e. The predicted molar refractivity (Wildman–Crippen MR) is 125 cm³/mol. The van der Waals surface area contributed by atoms with Crippen LogP contribution in [0.5, 0.6) is 0 Å². The lowest BCUT2D eigenvalue weighted by Gasteiger charge is -2.36. The maximum atomic E-state index is 12.4. The van der Waals surface area contributed by atoms with E-state index < -0.39 is 0 Å². The van der Waals surface area contributed by atoms with Crippen molar-refractivity contribution in [3.8, 4) is 0 Å². The summed E-state index contributed by atoms with van der Waals surface area (Å²) in [7, 11) is 3.69. The van der Waals surface area contributed by atoms with Gasteiger partial charge in [-0.15, -0.1) is 0 Å². The summed E-state index contributed by atoms with van der Waals surface area (Å²) in [5.41, 5.74) is 2.53. The second-order valence-corrected chi connectivity index (χ2v) is 8.68. The summed E-state index contributed by atoms with van der Waals surface area (Å²) in [4.78, 5) is 23.7. The molecule has 2 aliphatic heterocycles. The van der Waals surface area contributed by atoms with Gasteiger partial charge in [0.2, 0.25) is 5.91 Å². The van der Waals surface area contributed by atoms with Gasteiger partial charge in [0.05, 0.1) is 19.2 Å². The van der Waals surface area contributed by atoms with E-state index in [1.807, 2.05) is 14.1 Å². The van der Waals surface area contributed by atoms with Crippen LogP contribution in [0.15, 0.2) is 29.3 Å². The van der Waals surface area contributed by atoms with Crippen LogP contribution in [0, 0.1) is 6.92 Å². The molecule has 3 rings (SSSR count). The average Bonchev–Trinajstić information content (AvgIpc) is 3.24. The summed E-state index contributed by atoms with van der Waals surface area (Å²) >= 11 is 0. The summed E-state index contributed by atoms with van der Waals surface area (Å²) in [5.74, 6) is 1.19. The Labute approximate surface area is 187 Å². The lowest BCUT2D eigenvalue weighted by molar-refractivity contribution is -0.133. The number of nitrogens with one attached hydrogen (secondary N) is 1. The van der Waals surface area contributed by atoms with Gasteiger partial charge in [0.25, 0.3) is 0 Å². The summed E-state index contributed by atoms with van der Waals surface area (Å²) in [6, 6.07) is 8.50. The maximum Gasteiger partial charge on any atom is 0.239 e. The highest BCUT2D eigenvalue weighted by atomic mass is 16.5. The Balaban J connectivity index is 1.56. The lowest BCUT2D eigenvalue weighted by Crippen LogP contribution is -2.48. The van der Waals surface area contributed by atoms with Crippen molar-refractivity contribution in [2.45, 2.75) is 45.3 Å². The largest absolute Gasteiger partial charge is 0.370 e. The van der Waals surface area contributed by atoms with Crippen LogP contribution >= 0.6 is 0 Å². The van der Waals surface area contributed by atoms with E-state index >= 15 is 0 Å². The molecular formula is C24H39N5O2. The molecule has 2 fully saturated rings.